The van der Waals surface area contributed by atoms with E-state index in [0.717, 1.165) is 13.0 Å². The maximum Gasteiger partial charge on any atom is 0.271 e. The van der Waals surface area contributed by atoms with E-state index in [9.17, 15) is 4.79 Å². The molecule has 0 radical (unpaired) electrons. The van der Waals surface area contributed by atoms with Gasteiger partial charge >= 0.3 is 0 Å². The first-order valence-electron chi connectivity index (χ1n) is 7.73. The van der Waals surface area contributed by atoms with Gasteiger partial charge in [-0.2, -0.15) is 0 Å². The third-order valence-corrected chi connectivity index (χ3v) is 4.41. The number of nitrogens with one attached hydrogen (secondary N) is 2. The molecule has 1 amide bonds. The SMILES string of the molecule is CCCNc1ccc(Cl)c(C(=O)NCC2(C)CCCC2)n1. The van der Waals surface area contributed by atoms with Crippen molar-refractivity contribution in [2.75, 3.05) is 18.4 Å². The molecule has 2 rings (SSSR count). The van der Waals surface area contributed by atoms with E-state index in [1.807, 2.05) is 0 Å². The Morgan fingerprint density at radius 2 is 2.10 bits per heavy atom. The van der Waals surface area contributed by atoms with Crippen molar-refractivity contribution in [3.05, 3.63) is 22.8 Å². The lowest BCUT2D eigenvalue weighted by Gasteiger charge is -2.23. The number of halogens is 1. The number of nitrogens with zero attached hydrogens (tertiary/aromatic N) is 1. The standard InChI is InChI=1S/C16H24ClN3O/c1-3-10-18-13-7-6-12(17)14(20-13)15(21)19-11-16(2)8-4-5-9-16/h6-7H,3-5,8-11H2,1-2H3,(H,18,20)(H,19,21). The molecule has 0 bridgehead atoms. The molecule has 0 saturated heterocycles. The highest BCUT2D eigenvalue weighted by Crippen LogP contribution is 2.36. The van der Waals surface area contributed by atoms with Gasteiger partial charge in [0.15, 0.2) is 0 Å². The third-order valence-electron chi connectivity index (χ3n) is 4.10. The van der Waals surface area contributed by atoms with Gasteiger partial charge in [-0.15, -0.1) is 0 Å². The Bertz CT molecular complexity index is 498. The first kappa shape index (κ1) is 16.1. The zero-order valence-corrected chi connectivity index (χ0v) is 13.6. The van der Waals surface area contributed by atoms with Crippen molar-refractivity contribution >= 4 is 23.3 Å². The number of anilines is 1. The van der Waals surface area contributed by atoms with Crippen LogP contribution in [0.25, 0.3) is 0 Å². The number of hydrogen-bond acceptors (Lipinski definition) is 3. The fourth-order valence-corrected chi connectivity index (χ4v) is 2.93. The fraction of sp³-hybridized carbons (Fsp3) is 0.625. The number of amides is 1. The quantitative estimate of drug-likeness (QED) is 0.838. The Labute approximate surface area is 131 Å². The Kier molecular flexibility index (Phi) is 5.45. The van der Waals surface area contributed by atoms with Crippen molar-refractivity contribution in [3.63, 3.8) is 0 Å². The molecule has 0 atom stereocenters. The van der Waals surface area contributed by atoms with Gasteiger partial charge in [-0.3, -0.25) is 4.79 Å². The molecule has 0 aliphatic heterocycles. The summed E-state index contributed by atoms with van der Waals surface area (Å²) < 4.78 is 0. The average molecular weight is 310 g/mol. The topological polar surface area (TPSA) is 54.0 Å². The molecule has 0 unspecified atom stereocenters. The van der Waals surface area contributed by atoms with Gasteiger partial charge in [0.1, 0.15) is 11.5 Å². The molecule has 1 saturated carbocycles. The molecule has 116 valence electrons. The number of carbonyl (C=O) groups excluding carboxylic acids is 1. The van der Waals surface area contributed by atoms with E-state index < -0.39 is 0 Å². The zero-order chi connectivity index (χ0) is 15.3. The van der Waals surface area contributed by atoms with Gasteiger partial charge in [-0.25, -0.2) is 4.98 Å². The van der Waals surface area contributed by atoms with Crippen molar-refractivity contribution in [1.82, 2.24) is 10.3 Å². The van der Waals surface area contributed by atoms with E-state index in [1.54, 1.807) is 12.1 Å². The largest absolute Gasteiger partial charge is 0.370 e. The molecule has 2 N–H and O–H groups in total. The summed E-state index contributed by atoms with van der Waals surface area (Å²) in [5.41, 5.74) is 0.527. The number of rotatable bonds is 6. The number of aromatic nitrogens is 1. The summed E-state index contributed by atoms with van der Waals surface area (Å²) in [6, 6.07) is 3.52. The lowest BCUT2D eigenvalue weighted by Crippen LogP contribution is -2.34. The normalized spacial score (nSPS) is 16.7. The maximum atomic E-state index is 12.3. The van der Waals surface area contributed by atoms with Gasteiger partial charge in [-0.05, 0) is 36.8 Å². The Morgan fingerprint density at radius 3 is 2.76 bits per heavy atom. The minimum absolute atomic E-state index is 0.187. The molecule has 0 aromatic carbocycles. The monoisotopic (exact) mass is 309 g/mol. The van der Waals surface area contributed by atoms with Gasteiger partial charge in [0, 0.05) is 13.1 Å². The maximum absolute atomic E-state index is 12.3. The number of carbonyl (C=O) groups is 1. The minimum Gasteiger partial charge on any atom is -0.370 e. The van der Waals surface area contributed by atoms with Crippen LogP contribution in [0.2, 0.25) is 5.02 Å². The smallest absolute Gasteiger partial charge is 0.271 e. The lowest BCUT2D eigenvalue weighted by atomic mass is 9.89. The van der Waals surface area contributed by atoms with Crippen LogP contribution in [-0.2, 0) is 0 Å². The predicted molar refractivity (Wildman–Crippen MR) is 86.9 cm³/mol. The van der Waals surface area contributed by atoms with Crippen LogP contribution < -0.4 is 10.6 Å². The number of hydrogen-bond donors (Lipinski definition) is 2. The summed E-state index contributed by atoms with van der Waals surface area (Å²) in [6.45, 7) is 5.83. The van der Waals surface area contributed by atoms with Crippen molar-refractivity contribution < 1.29 is 4.79 Å². The molecule has 4 nitrogen and oxygen atoms in total. The summed E-state index contributed by atoms with van der Waals surface area (Å²) in [7, 11) is 0. The molecule has 1 aromatic heterocycles. The van der Waals surface area contributed by atoms with Gasteiger partial charge in [0.05, 0.1) is 5.02 Å². The average Bonchev–Trinajstić information content (AvgIpc) is 2.91. The van der Waals surface area contributed by atoms with E-state index in [1.165, 1.54) is 25.7 Å². The van der Waals surface area contributed by atoms with E-state index in [-0.39, 0.29) is 11.3 Å². The molecule has 1 fully saturated rings. The highest BCUT2D eigenvalue weighted by Gasteiger charge is 2.29. The predicted octanol–water partition coefficient (Wildman–Crippen LogP) is 3.87. The molecule has 21 heavy (non-hydrogen) atoms. The molecule has 1 heterocycles. The zero-order valence-electron chi connectivity index (χ0n) is 12.8. The van der Waals surface area contributed by atoms with Gasteiger partial charge in [-0.1, -0.05) is 38.3 Å². The molecule has 5 heteroatoms. The van der Waals surface area contributed by atoms with Crippen LogP contribution in [0.1, 0.15) is 56.4 Å². The minimum atomic E-state index is -0.187. The lowest BCUT2D eigenvalue weighted by molar-refractivity contribution is 0.0929. The van der Waals surface area contributed by atoms with Gasteiger partial charge in [0.2, 0.25) is 0 Å². The molecule has 1 aliphatic carbocycles. The second-order valence-corrected chi connectivity index (χ2v) is 6.56. The second kappa shape index (κ2) is 7.12. The van der Waals surface area contributed by atoms with Crippen molar-refractivity contribution in [2.45, 2.75) is 46.0 Å². The van der Waals surface area contributed by atoms with Crippen LogP contribution in [0.5, 0.6) is 0 Å². The number of pyridine rings is 1. The first-order chi connectivity index (χ1) is 10.0. The summed E-state index contributed by atoms with van der Waals surface area (Å²) >= 11 is 6.10. The molecule has 0 spiro atoms. The van der Waals surface area contributed by atoms with Gasteiger partial charge < -0.3 is 10.6 Å². The summed E-state index contributed by atoms with van der Waals surface area (Å²) in [6.07, 6.45) is 5.85. The first-order valence-corrected chi connectivity index (χ1v) is 8.10. The van der Waals surface area contributed by atoms with Crippen LogP contribution in [0.3, 0.4) is 0 Å². The Balaban J connectivity index is 2.00. The molecule has 1 aromatic rings. The Hall–Kier alpha value is -1.29. The molecule has 1 aliphatic rings. The summed E-state index contributed by atoms with van der Waals surface area (Å²) in [5.74, 6) is 0.506. The van der Waals surface area contributed by atoms with Crippen LogP contribution in [-0.4, -0.2) is 24.0 Å². The van der Waals surface area contributed by atoms with Crippen LogP contribution in [0.15, 0.2) is 12.1 Å². The Morgan fingerprint density at radius 1 is 1.38 bits per heavy atom. The van der Waals surface area contributed by atoms with Crippen molar-refractivity contribution in [1.29, 1.82) is 0 Å². The third kappa shape index (κ3) is 4.34. The highest BCUT2D eigenvalue weighted by molar-refractivity contribution is 6.33. The van der Waals surface area contributed by atoms with Crippen molar-refractivity contribution in [2.24, 2.45) is 5.41 Å². The van der Waals surface area contributed by atoms with E-state index in [2.05, 4.69) is 29.5 Å². The molecular weight excluding hydrogens is 286 g/mol. The highest BCUT2D eigenvalue weighted by atomic mass is 35.5. The summed E-state index contributed by atoms with van der Waals surface area (Å²) in [5, 5.41) is 6.56. The van der Waals surface area contributed by atoms with E-state index in [4.69, 9.17) is 11.6 Å². The van der Waals surface area contributed by atoms with Crippen LogP contribution in [0.4, 0.5) is 5.82 Å². The van der Waals surface area contributed by atoms with Crippen LogP contribution in [0, 0.1) is 5.41 Å². The van der Waals surface area contributed by atoms with E-state index >= 15 is 0 Å². The van der Waals surface area contributed by atoms with Crippen LogP contribution >= 0.6 is 11.6 Å². The summed E-state index contributed by atoms with van der Waals surface area (Å²) in [4.78, 5) is 16.6. The molecular formula is C16H24ClN3O. The van der Waals surface area contributed by atoms with Gasteiger partial charge in [0.25, 0.3) is 5.91 Å². The fourth-order valence-electron chi connectivity index (χ4n) is 2.74. The van der Waals surface area contributed by atoms with E-state index in [0.29, 0.717) is 23.1 Å². The second-order valence-electron chi connectivity index (χ2n) is 6.15. The van der Waals surface area contributed by atoms with Crippen molar-refractivity contribution in [3.8, 4) is 0 Å².